The quantitative estimate of drug-likeness (QED) is 0.368. The molecular formula is C13H5F6NO2. The van der Waals surface area contributed by atoms with Crippen LogP contribution in [0.25, 0.3) is 11.3 Å². The maximum absolute atomic E-state index is 14.1. The Kier molecular flexibility index (Phi) is 4.07. The molecule has 0 spiro atoms. The van der Waals surface area contributed by atoms with Gasteiger partial charge in [-0.1, -0.05) is 0 Å². The fraction of sp³-hybridized carbons (Fsp3) is 0.0769. The molecule has 0 aliphatic rings. The third kappa shape index (κ3) is 2.28. The van der Waals surface area contributed by atoms with E-state index < -0.39 is 57.7 Å². The standard InChI is InChI=1S/C13H5F6NO2/c1-22-13(21)4-2-3-20-12(6(4)14)5-7(15)9(17)11(19)10(18)8(5)16/h2-3H,1H3. The molecule has 0 aliphatic carbocycles. The van der Waals surface area contributed by atoms with Crippen molar-refractivity contribution in [1.29, 1.82) is 0 Å². The van der Waals surface area contributed by atoms with Gasteiger partial charge in [-0.25, -0.2) is 31.1 Å². The molecular weight excluding hydrogens is 316 g/mol. The van der Waals surface area contributed by atoms with Gasteiger partial charge >= 0.3 is 5.97 Å². The van der Waals surface area contributed by atoms with Crippen molar-refractivity contribution in [3.63, 3.8) is 0 Å². The van der Waals surface area contributed by atoms with E-state index in [-0.39, 0.29) is 0 Å². The SMILES string of the molecule is COC(=O)c1ccnc(-c2c(F)c(F)c(F)c(F)c2F)c1F. The molecule has 0 unspecified atom stereocenters. The molecule has 0 radical (unpaired) electrons. The highest BCUT2D eigenvalue weighted by atomic mass is 19.2. The minimum atomic E-state index is -2.39. The summed E-state index contributed by atoms with van der Waals surface area (Å²) in [5, 5.41) is 0. The summed E-state index contributed by atoms with van der Waals surface area (Å²) in [5.74, 6) is -14.2. The lowest BCUT2D eigenvalue weighted by atomic mass is 10.1. The fourth-order valence-electron chi connectivity index (χ4n) is 1.70. The number of pyridine rings is 1. The number of hydrogen-bond donors (Lipinski definition) is 0. The number of methoxy groups -OCH3 is 1. The minimum Gasteiger partial charge on any atom is -0.465 e. The first-order chi connectivity index (χ1) is 10.3. The van der Waals surface area contributed by atoms with Gasteiger partial charge in [0.1, 0.15) is 5.69 Å². The lowest BCUT2D eigenvalue weighted by Gasteiger charge is -2.10. The first kappa shape index (κ1) is 15.8. The van der Waals surface area contributed by atoms with Crippen molar-refractivity contribution in [2.24, 2.45) is 0 Å². The maximum Gasteiger partial charge on any atom is 0.340 e. The van der Waals surface area contributed by atoms with Crippen molar-refractivity contribution in [3.05, 3.63) is 52.7 Å². The van der Waals surface area contributed by atoms with Crippen molar-refractivity contribution >= 4 is 5.97 Å². The molecule has 116 valence electrons. The van der Waals surface area contributed by atoms with E-state index >= 15 is 0 Å². The van der Waals surface area contributed by atoms with Gasteiger partial charge in [0.2, 0.25) is 5.82 Å². The second-order valence-corrected chi connectivity index (χ2v) is 3.96. The van der Waals surface area contributed by atoms with Crippen molar-refractivity contribution < 1.29 is 35.9 Å². The number of benzene rings is 1. The topological polar surface area (TPSA) is 39.2 Å². The van der Waals surface area contributed by atoms with Crippen molar-refractivity contribution in [2.75, 3.05) is 7.11 Å². The second-order valence-electron chi connectivity index (χ2n) is 3.96. The Morgan fingerprint density at radius 2 is 1.41 bits per heavy atom. The van der Waals surface area contributed by atoms with Gasteiger partial charge in [-0.2, -0.15) is 0 Å². The van der Waals surface area contributed by atoms with Crippen molar-refractivity contribution in [1.82, 2.24) is 4.98 Å². The average molecular weight is 321 g/mol. The average Bonchev–Trinajstić information content (AvgIpc) is 2.52. The molecule has 9 heteroatoms. The van der Waals surface area contributed by atoms with Gasteiger partial charge in [0.25, 0.3) is 0 Å². The van der Waals surface area contributed by atoms with Crippen LogP contribution in [0.2, 0.25) is 0 Å². The number of aromatic nitrogens is 1. The molecule has 1 aromatic heterocycles. The third-order valence-corrected chi connectivity index (χ3v) is 2.74. The van der Waals surface area contributed by atoms with Crippen LogP contribution in [0.5, 0.6) is 0 Å². The predicted molar refractivity (Wildman–Crippen MR) is 60.8 cm³/mol. The van der Waals surface area contributed by atoms with Gasteiger partial charge < -0.3 is 4.74 Å². The number of carbonyl (C=O) groups excluding carboxylic acids is 1. The molecule has 0 N–H and O–H groups in total. The molecule has 1 heterocycles. The van der Waals surface area contributed by atoms with E-state index in [9.17, 15) is 31.1 Å². The third-order valence-electron chi connectivity index (χ3n) is 2.74. The molecule has 0 aliphatic heterocycles. The molecule has 1 aromatic carbocycles. The molecule has 0 fully saturated rings. The highest BCUT2D eigenvalue weighted by Crippen LogP contribution is 2.32. The van der Waals surface area contributed by atoms with Crippen LogP contribution in [0.3, 0.4) is 0 Å². The summed E-state index contributed by atoms with van der Waals surface area (Å²) in [6.45, 7) is 0. The number of ether oxygens (including phenoxy) is 1. The Hall–Kier alpha value is -2.58. The number of esters is 1. The van der Waals surface area contributed by atoms with E-state index in [2.05, 4.69) is 9.72 Å². The highest BCUT2D eigenvalue weighted by molar-refractivity contribution is 5.91. The van der Waals surface area contributed by atoms with Gasteiger partial charge in [0, 0.05) is 6.20 Å². The zero-order valence-electron chi connectivity index (χ0n) is 10.7. The fourth-order valence-corrected chi connectivity index (χ4v) is 1.70. The summed E-state index contributed by atoms with van der Waals surface area (Å²) < 4.78 is 84.8. The molecule has 0 saturated heterocycles. The van der Waals surface area contributed by atoms with E-state index in [1.54, 1.807) is 0 Å². The summed E-state index contributed by atoms with van der Waals surface area (Å²) in [6, 6.07) is 0.830. The minimum absolute atomic E-state index is 0.767. The first-order valence-electron chi connectivity index (χ1n) is 5.55. The summed E-state index contributed by atoms with van der Waals surface area (Å²) in [7, 11) is 0.917. The van der Waals surface area contributed by atoms with Gasteiger partial charge in [-0.15, -0.1) is 0 Å². The van der Waals surface area contributed by atoms with Crippen LogP contribution in [-0.2, 0) is 4.74 Å². The summed E-state index contributed by atoms with van der Waals surface area (Å²) in [6.07, 6.45) is 0.767. The van der Waals surface area contributed by atoms with E-state index in [1.807, 2.05) is 0 Å². The van der Waals surface area contributed by atoms with E-state index in [1.165, 1.54) is 0 Å². The van der Waals surface area contributed by atoms with Crippen LogP contribution >= 0.6 is 0 Å². The molecule has 2 rings (SSSR count). The van der Waals surface area contributed by atoms with Crippen LogP contribution in [0, 0.1) is 34.9 Å². The van der Waals surface area contributed by atoms with Crippen molar-refractivity contribution in [2.45, 2.75) is 0 Å². The smallest absolute Gasteiger partial charge is 0.340 e. The van der Waals surface area contributed by atoms with Crippen LogP contribution in [0.1, 0.15) is 10.4 Å². The Labute approximate surface area is 119 Å². The Balaban J connectivity index is 2.82. The molecule has 0 amide bonds. The Morgan fingerprint density at radius 1 is 0.909 bits per heavy atom. The molecule has 0 atom stereocenters. The molecule has 3 nitrogen and oxygen atoms in total. The number of halogens is 6. The lowest BCUT2D eigenvalue weighted by Crippen LogP contribution is -2.10. The van der Waals surface area contributed by atoms with Gasteiger partial charge in [-0.3, -0.25) is 4.98 Å². The monoisotopic (exact) mass is 321 g/mol. The Morgan fingerprint density at radius 3 is 1.91 bits per heavy atom. The first-order valence-corrected chi connectivity index (χ1v) is 5.55. The molecule has 2 aromatic rings. The van der Waals surface area contributed by atoms with Gasteiger partial charge in [-0.05, 0) is 6.07 Å². The highest BCUT2D eigenvalue weighted by Gasteiger charge is 2.30. The number of rotatable bonds is 2. The number of hydrogen-bond acceptors (Lipinski definition) is 3. The summed E-state index contributed by atoms with van der Waals surface area (Å²) in [5.41, 5.74) is -3.54. The van der Waals surface area contributed by atoms with Gasteiger partial charge in [0.15, 0.2) is 29.1 Å². The van der Waals surface area contributed by atoms with Crippen LogP contribution in [0.15, 0.2) is 12.3 Å². The normalized spacial score (nSPS) is 10.7. The van der Waals surface area contributed by atoms with E-state index in [4.69, 9.17) is 0 Å². The van der Waals surface area contributed by atoms with Crippen LogP contribution in [0.4, 0.5) is 26.3 Å². The van der Waals surface area contributed by atoms with E-state index in [0.717, 1.165) is 19.4 Å². The van der Waals surface area contributed by atoms with E-state index in [0.29, 0.717) is 0 Å². The largest absolute Gasteiger partial charge is 0.465 e. The maximum atomic E-state index is 14.1. The van der Waals surface area contributed by atoms with Crippen LogP contribution in [-0.4, -0.2) is 18.1 Å². The summed E-state index contributed by atoms with van der Waals surface area (Å²) >= 11 is 0. The number of carbonyl (C=O) groups is 1. The molecule has 0 saturated carbocycles. The van der Waals surface area contributed by atoms with Crippen LogP contribution < -0.4 is 0 Å². The molecule has 22 heavy (non-hydrogen) atoms. The molecule has 0 bridgehead atoms. The lowest BCUT2D eigenvalue weighted by molar-refractivity contribution is 0.0595. The number of nitrogens with zero attached hydrogens (tertiary/aromatic N) is 1. The van der Waals surface area contributed by atoms with Crippen molar-refractivity contribution in [3.8, 4) is 11.3 Å². The van der Waals surface area contributed by atoms with Gasteiger partial charge in [0.05, 0.1) is 18.2 Å². The second kappa shape index (κ2) is 5.66. The zero-order chi connectivity index (χ0) is 16.6. The zero-order valence-corrected chi connectivity index (χ0v) is 10.7. The Bertz CT molecular complexity index is 749. The predicted octanol–water partition coefficient (Wildman–Crippen LogP) is 3.37. The summed E-state index contributed by atoms with van der Waals surface area (Å²) in [4.78, 5) is 14.5.